The molecular formula is C16H27N5O2. The highest BCUT2D eigenvalue weighted by molar-refractivity contribution is 5.78. The molecule has 0 aliphatic heterocycles. The van der Waals surface area contributed by atoms with Gasteiger partial charge in [-0.15, -0.1) is 0 Å². The predicted octanol–water partition coefficient (Wildman–Crippen LogP) is 2.05. The van der Waals surface area contributed by atoms with Crippen LogP contribution in [-0.2, 0) is 0 Å². The van der Waals surface area contributed by atoms with E-state index in [1.54, 1.807) is 13.3 Å². The van der Waals surface area contributed by atoms with Crippen molar-refractivity contribution < 1.29 is 9.84 Å². The van der Waals surface area contributed by atoms with Gasteiger partial charge >= 0.3 is 0 Å². The summed E-state index contributed by atoms with van der Waals surface area (Å²) in [5.74, 6) is 1.16. The second-order valence-electron chi connectivity index (χ2n) is 5.15. The summed E-state index contributed by atoms with van der Waals surface area (Å²) in [7, 11) is 1.71. The molecule has 1 rings (SSSR count). The lowest BCUT2D eigenvalue weighted by Gasteiger charge is -2.19. The number of nitrogens with two attached hydrogens (primary N) is 1. The lowest BCUT2D eigenvalue weighted by molar-refractivity contribution is 0.266. The molecule has 0 bridgehead atoms. The van der Waals surface area contributed by atoms with Crippen LogP contribution in [0, 0.1) is 0 Å². The van der Waals surface area contributed by atoms with Crippen LogP contribution in [0.1, 0.15) is 33.1 Å². The van der Waals surface area contributed by atoms with E-state index in [1.165, 1.54) is 6.20 Å². The third-order valence-electron chi connectivity index (χ3n) is 3.30. The minimum atomic E-state index is -0.0926. The van der Waals surface area contributed by atoms with Crippen LogP contribution in [0.15, 0.2) is 22.8 Å². The van der Waals surface area contributed by atoms with Crippen LogP contribution >= 0.6 is 0 Å². The zero-order valence-electron chi connectivity index (χ0n) is 14.1. The zero-order valence-corrected chi connectivity index (χ0v) is 14.1. The van der Waals surface area contributed by atoms with Gasteiger partial charge in [0.2, 0.25) is 5.95 Å². The molecule has 0 fully saturated rings. The molecule has 1 heterocycles. The Labute approximate surface area is 137 Å². The van der Waals surface area contributed by atoms with Gasteiger partial charge in [-0.2, -0.15) is 4.98 Å². The van der Waals surface area contributed by atoms with Gasteiger partial charge in [0, 0.05) is 18.8 Å². The molecule has 0 spiro atoms. The average molecular weight is 321 g/mol. The first kappa shape index (κ1) is 18.9. The minimum absolute atomic E-state index is 0.0198. The number of hydrogen-bond acceptors (Lipinski definition) is 7. The number of allylic oxidation sites excluding steroid dienone is 1. The summed E-state index contributed by atoms with van der Waals surface area (Å²) >= 11 is 0. The van der Waals surface area contributed by atoms with Crippen molar-refractivity contribution in [2.45, 2.75) is 39.2 Å². The maximum absolute atomic E-state index is 9.50. The highest BCUT2D eigenvalue weighted by atomic mass is 16.5. The summed E-state index contributed by atoms with van der Waals surface area (Å²) in [5.41, 5.74) is 6.61. The van der Waals surface area contributed by atoms with Gasteiger partial charge in [-0.05, 0) is 13.3 Å². The number of rotatable bonds is 10. The van der Waals surface area contributed by atoms with E-state index in [9.17, 15) is 5.11 Å². The van der Waals surface area contributed by atoms with Crippen molar-refractivity contribution in [2.24, 2.45) is 4.99 Å². The number of aliphatic hydroxyl groups is 1. The second-order valence-corrected chi connectivity index (χ2v) is 5.15. The number of aliphatic hydroxyl groups excluding tert-OH is 1. The Morgan fingerprint density at radius 2 is 2.35 bits per heavy atom. The Balaban J connectivity index is 2.83. The van der Waals surface area contributed by atoms with E-state index in [0.29, 0.717) is 18.2 Å². The molecule has 23 heavy (non-hydrogen) atoms. The van der Waals surface area contributed by atoms with Crippen molar-refractivity contribution in [1.29, 1.82) is 0 Å². The summed E-state index contributed by atoms with van der Waals surface area (Å²) in [4.78, 5) is 12.1. The minimum Gasteiger partial charge on any atom is -0.483 e. The lowest BCUT2D eigenvalue weighted by Crippen LogP contribution is -2.25. The number of unbranched alkanes of at least 4 members (excludes halogenated alkanes) is 1. The maximum Gasteiger partial charge on any atom is 0.222 e. The van der Waals surface area contributed by atoms with Crippen LogP contribution in [0.5, 0.6) is 5.75 Å². The van der Waals surface area contributed by atoms with E-state index in [-0.39, 0.29) is 18.6 Å². The molecule has 0 radical (unpaired) electrons. The summed E-state index contributed by atoms with van der Waals surface area (Å²) < 4.78 is 5.76. The van der Waals surface area contributed by atoms with Crippen LogP contribution < -0.4 is 15.8 Å². The summed E-state index contributed by atoms with van der Waals surface area (Å²) in [6, 6.07) is -0.0926. The standard InChI is InChI=1S/C16H27N5O2/c1-4-6-7-13(10-22)20-15-14(9-19-16(17)21-15)23-11-12(5-2)8-18-3/h5,8-9,13,22H,4,6-7,10-11H2,1-3H3,(H3,17,19,20,21)/b12-5+,18-8-/t13-/m0/s1. The van der Waals surface area contributed by atoms with Gasteiger partial charge in [-0.3, -0.25) is 4.99 Å². The molecule has 1 aromatic heterocycles. The molecule has 1 aromatic rings. The molecule has 0 unspecified atom stereocenters. The van der Waals surface area contributed by atoms with E-state index in [1.807, 2.05) is 13.0 Å². The van der Waals surface area contributed by atoms with Gasteiger partial charge in [-0.25, -0.2) is 4.98 Å². The largest absolute Gasteiger partial charge is 0.483 e. The van der Waals surface area contributed by atoms with Crippen molar-refractivity contribution in [3.05, 3.63) is 17.8 Å². The SMILES string of the molecule is C/C=C(\C=N/C)COc1cnc(N)nc1N[C@H](CO)CCCC. The number of aromatic nitrogens is 2. The van der Waals surface area contributed by atoms with Crippen LogP contribution in [0.25, 0.3) is 0 Å². The van der Waals surface area contributed by atoms with Crippen LogP contribution in [0.2, 0.25) is 0 Å². The van der Waals surface area contributed by atoms with Gasteiger partial charge in [0.15, 0.2) is 11.6 Å². The van der Waals surface area contributed by atoms with Crippen LogP contribution in [-0.4, -0.2) is 47.6 Å². The number of nitrogens with one attached hydrogen (secondary N) is 1. The molecule has 0 aliphatic carbocycles. The van der Waals surface area contributed by atoms with Crippen molar-refractivity contribution in [2.75, 3.05) is 31.3 Å². The fourth-order valence-corrected chi connectivity index (χ4v) is 1.97. The third kappa shape index (κ3) is 6.65. The molecular weight excluding hydrogens is 294 g/mol. The van der Waals surface area contributed by atoms with Crippen molar-refractivity contribution in [1.82, 2.24) is 9.97 Å². The number of anilines is 2. The highest BCUT2D eigenvalue weighted by Crippen LogP contribution is 2.23. The van der Waals surface area contributed by atoms with Gasteiger partial charge < -0.3 is 20.9 Å². The first-order valence-corrected chi connectivity index (χ1v) is 7.84. The number of ether oxygens (including phenoxy) is 1. The van der Waals surface area contributed by atoms with E-state index >= 15 is 0 Å². The predicted molar refractivity (Wildman–Crippen MR) is 94.1 cm³/mol. The molecule has 128 valence electrons. The monoisotopic (exact) mass is 321 g/mol. The Hall–Kier alpha value is -2.15. The normalized spacial score (nSPS) is 13.3. The second kappa shape index (κ2) is 10.6. The molecule has 0 amide bonds. The molecule has 0 saturated heterocycles. The van der Waals surface area contributed by atoms with Crippen LogP contribution in [0.3, 0.4) is 0 Å². The first-order chi connectivity index (χ1) is 11.1. The number of aliphatic imine (C=N–C) groups is 1. The number of nitrogen functional groups attached to an aromatic ring is 1. The average Bonchev–Trinajstić information content (AvgIpc) is 2.56. The Morgan fingerprint density at radius 3 is 2.96 bits per heavy atom. The first-order valence-electron chi connectivity index (χ1n) is 7.84. The van der Waals surface area contributed by atoms with Crippen molar-refractivity contribution in [3.8, 4) is 5.75 Å². The highest BCUT2D eigenvalue weighted by Gasteiger charge is 2.13. The molecule has 7 nitrogen and oxygen atoms in total. The summed E-state index contributed by atoms with van der Waals surface area (Å²) in [5, 5.41) is 12.7. The molecule has 1 atom stereocenters. The zero-order chi connectivity index (χ0) is 17.1. The molecule has 0 aliphatic rings. The van der Waals surface area contributed by atoms with E-state index in [2.05, 4.69) is 27.2 Å². The van der Waals surface area contributed by atoms with Gasteiger partial charge in [-0.1, -0.05) is 25.8 Å². The van der Waals surface area contributed by atoms with Gasteiger partial charge in [0.05, 0.1) is 18.8 Å². The number of hydrogen-bond donors (Lipinski definition) is 3. The van der Waals surface area contributed by atoms with E-state index < -0.39 is 0 Å². The van der Waals surface area contributed by atoms with Crippen LogP contribution in [0.4, 0.5) is 11.8 Å². The molecule has 4 N–H and O–H groups in total. The third-order valence-corrected chi connectivity index (χ3v) is 3.30. The summed E-state index contributed by atoms with van der Waals surface area (Å²) in [6.07, 6.45) is 8.13. The Morgan fingerprint density at radius 1 is 1.57 bits per heavy atom. The van der Waals surface area contributed by atoms with Crippen molar-refractivity contribution >= 4 is 18.0 Å². The fraction of sp³-hybridized carbons (Fsp3) is 0.562. The molecule has 0 saturated carbocycles. The quantitative estimate of drug-likeness (QED) is 0.570. The van der Waals surface area contributed by atoms with E-state index in [4.69, 9.17) is 10.5 Å². The number of nitrogens with zero attached hydrogens (tertiary/aromatic N) is 3. The topological polar surface area (TPSA) is 106 Å². The molecule has 0 aromatic carbocycles. The summed E-state index contributed by atoms with van der Waals surface area (Å²) in [6.45, 7) is 4.41. The van der Waals surface area contributed by atoms with Gasteiger partial charge in [0.25, 0.3) is 0 Å². The molecule has 7 heteroatoms. The Bertz CT molecular complexity index is 531. The Kier molecular flexibility index (Phi) is 8.67. The maximum atomic E-state index is 9.50. The van der Waals surface area contributed by atoms with E-state index in [0.717, 1.165) is 24.8 Å². The van der Waals surface area contributed by atoms with Crippen molar-refractivity contribution in [3.63, 3.8) is 0 Å². The van der Waals surface area contributed by atoms with Gasteiger partial charge in [0.1, 0.15) is 6.61 Å². The lowest BCUT2D eigenvalue weighted by atomic mass is 10.1. The fourth-order valence-electron chi connectivity index (χ4n) is 1.97. The smallest absolute Gasteiger partial charge is 0.222 e.